The number of aromatic nitrogens is 2. The van der Waals surface area contributed by atoms with Crippen molar-refractivity contribution in [3.63, 3.8) is 0 Å². The second-order valence-electron chi connectivity index (χ2n) is 2.99. The number of nitrogens with zero attached hydrogens (tertiary/aromatic N) is 1. The molecule has 0 saturated heterocycles. The number of ether oxygens (including phenoxy) is 1. The summed E-state index contributed by atoms with van der Waals surface area (Å²) in [6.45, 7) is 0. The Morgan fingerprint density at radius 3 is 2.81 bits per heavy atom. The van der Waals surface area contributed by atoms with Gasteiger partial charge >= 0.3 is 6.09 Å². The van der Waals surface area contributed by atoms with E-state index in [-0.39, 0.29) is 17.0 Å². The van der Waals surface area contributed by atoms with Crippen molar-refractivity contribution in [2.45, 2.75) is 0 Å². The summed E-state index contributed by atoms with van der Waals surface area (Å²) in [4.78, 5) is 17.3. The minimum Gasteiger partial charge on any atom is -0.453 e. The lowest BCUT2D eigenvalue weighted by molar-refractivity contribution is 0.186. The highest BCUT2D eigenvalue weighted by atomic mass is 19.2. The van der Waals surface area contributed by atoms with Crippen LogP contribution in [0.1, 0.15) is 0 Å². The van der Waals surface area contributed by atoms with Crippen LogP contribution >= 0.6 is 0 Å². The molecule has 5 nitrogen and oxygen atoms in total. The molecule has 0 saturated carbocycles. The first-order valence-corrected chi connectivity index (χ1v) is 4.30. The van der Waals surface area contributed by atoms with Gasteiger partial charge in [0.25, 0.3) is 0 Å². The number of H-pyrrole nitrogens is 1. The molecule has 0 radical (unpaired) electrons. The fourth-order valence-electron chi connectivity index (χ4n) is 1.21. The van der Waals surface area contributed by atoms with Crippen molar-refractivity contribution >= 4 is 23.1 Å². The van der Waals surface area contributed by atoms with Gasteiger partial charge in [0.15, 0.2) is 11.6 Å². The molecule has 0 bridgehead atoms. The first-order chi connectivity index (χ1) is 7.60. The van der Waals surface area contributed by atoms with Gasteiger partial charge in [0.2, 0.25) is 5.95 Å². The summed E-state index contributed by atoms with van der Waals surface area (Å²) in [5, 5.41) is 2.25. The number of aromatic amines is 1. The van der Waals surface area contributed by atoms with Crippen molar-refractivity contribution < 1.29 is 18.3 Å². The van der Waals surface area contributed by atoms with Gasteiger partial charge < -0.3 is 9.72 Å². The number of hydrogen-bond acceptors (Lipinski definition) is 3. The van der Waals surface area contributed by atoms with Crippen molar-refractivity contribution in [2.75, 3.05) is 12.4 Å². The quantitative estimate of drug-likeness (QED) is 0.783. The number of carbonyl (C=O) groups is 1. The molecule has 0 aliphatic heterocycles. The van der Waals surface area contributed by atoms with Crippen LogP contribution in [0.5, 0.6) is 0 Å². The molecule has 2 aromatic rings. The lowest BCUT2D eigenvalue weighted by Gasteiger charge is -1.96. The van der Waals surface area contributed by atoms with Gasteiger partial charge in [-0.25, -0.2) is 18.6 Å². The topological polar surface area (TPSA) is 67.0 Å². The molecule has 16 heavy (non-hydrogen) atoms. The van der Waals surface area contributed by atoms with Gasteiger partial charge in [-0.1, -0.05) is 0 Å². The van der Waals surface area contributed by atoms with Crippen molar-refractivity contribution in [3.8, 4) is 0 Å². The van der Waals surface area contributed by atoms with Gasteiger partial charge in [0, 0.05) is 12.1 Å². The minimum absolute atomic E-state index is 0.0619. The highest BCUT2D eigenvalue weighted by Crippen LogP contribution is 2.18. The SMILES string of the molecule is COC(=O)Nc1nc2cc(F)c(F)cc2[nH]1. The predicted octanol–water partition coefficient (Wildman–Crippen LogP) is 2.02. The van der Waals surface area contributed by atoms with Crippen LogP contribution in [0.2, 0.25) is 0 Å². The zero-order valence-corrected chi connectivity index (χ0v) is 8.17. The monoisotopic (exact) mass is 227 g/mol. The standard InChI is InChI=1S/C9H7F2N3O2/c1-16-9(15)14-8-12-6-2-4(10)5(11)3-7(6)13-8/h2-3H,1H3,(H2,12,13,14,15). The first kappa shape index (κ1) is 10.3. The Kier molecular flexibility index (Phi) is 2.43. The summed E-state index contributed by atoms with van der Waals surface area (Å²) in [6, 6.07) is 1.89. The van der Waals surface area contributed by atoms with Gasteiger partial charge in [0.1, 0.15) is 0 Å². The molecule has 7 heteroatoms. The van der Waals surface area contributed by atoms with E-state index in [1.165, 1.54) is 7.11 Å². The molecule has 2 rings (SSSR count). The van der Waals surface area contributed by atoms with E-state index in [2.05, 4.69) is 20.0 Å². The summed E-state index contributed by atoms with van der Waals surface area (Å²) >= 11 is 0. The van der Waals surface area contributed by atoms with E-state index in [0.717, 1.165) is 12.1 Å². The molecule has 0 fully saturated rings. The average molecular weight is 227 g/mol. The zero-order chi connectivity index (χ0) is 11.7. The molecule has 0 atom stereocenters. The lowest BCUT2D eigenvalue weighted by atomic mass is 10.3. The van der Waals surface area contributed by atoms with E-state index in [1.807, 2.05) is 0 Å². The van der Waals surface area contributed by atoms with Crippen LogP contribution in [-0.2, 0) is 4.74 Å². The number of fused-ring (bicyclic) bond motifs is 1. The number of rotatable bonds is 1. The summed E-state index contributed by atoms with van der Waals surface area (Å²) in [7, 11) is 1.19. The average Bonchev–Trinajstić information content (AvgIpc) is 2.60. The number of halogens is 2. The Morgan fingerprint density at radius 2 is 2.12 bits per heavy atom. The molecule has 2 N–H and O–H groups in total. The Labute approximate surface area is 88.4 Å². The Morgan fingerprint density at radius 1 is 1.44 bits per heavy atom. The summed E-state index contributed by atoms with van der Waals surface area (Å²) in [5.41, 5.74) is 0.496. The van der Waals surface area contributed by atoms with Crippen molar-refractivity contribution in [2.24, 2.45) is 0 Å². The van der Waals surface area contributed by atoms with Crippen LogP contribution in [0, 0.1) is 11.6 Å². The summed E-state index contributed by atoms with van der Waals surface area (Å²) < 4.78 is 30.0. The van der Waals surface area contributed by atoms with Crippen molar-refractivity contribution in [1.29, 1.82) is 0 Å². The van der Waals surface area contributed by atoms with Crippen LogP contribution in [0.25, 0.3) is 11.0 Å². The van der Waals surface area contributed by atoms with Gasteiger partial charge in [-0.05, 0) is 0 Å². The van der Waals surface area contributed by atoms with E-state index in [1.54, 1.807) is 0 Å². The number of benzene rings is 1. The predicted molar refractivity (Wildman–Crippen MR) is 52.0 cm³/mol. The Hall–Kier alpha value is -2.18. The molecular weight excluding hydrogens is 220 g/mol. The van der Waals surface area contributed by atoms with E-state index >= 15 is 0 Å². The fraction of sp³-hybridized carbons (Fsp3) is 0.111. The zero-order valence-electron chi connectivity index (χ0n) is 8.17. The van der Waals surface area contributed by atoms with Crippen LogP contribution in [0.15, 0.2) is 12.1 Å². The number of amides is 1. The number of carbonyl (C=O) groups excluding carboxylic acids is 1. The fourth-order valence-corrected chi connectivity index (χ4v) is 1.21. The minimum atomic E-state index is -0.997. The molecule has 0 aliphatic rings. The van der Waals surface area contributed by atoms with E-state index in [9.17, 15) is 13.6 Å². The van der Waals surface area contributed by atoms with Gasteiger partial charge in [-0.15, -0.1) is 0 Å². The van der Waals surface area contributed by atoms with Gasteiger partial charge in [-0.2, -0.15) is 0 Å². The maximum Gasteiger partial charge on any atom is 0.413 e. The molecule has 1 aromatic heterocycles. The van der Waals surface area contributed by atoms with Gasteiger partial charge in [-0.3, -0.25) is 5.32 Å². The number of imidazole rings is 1. The summed E-state index contributed by atoms with van der Waals surface area (Å²) in [5.74, 6) is -1.92. The van der Waals surface area contributed by atoms with E-state index in [0.29, 0.717) is 0 Å². The van der Waals surface area contributed by atoms with Crippen LogP contribution in [0.3, 0.4) is 0 Å². The molecule has 1 aromatic carbocycles. The smallest absolute Gasteiger partial charge is 0.413 e. The number of hydrogen-bond donors (Lipinski definition) is 2. The maximum atomic E-state index is 12.9. The Balaban J connectivity index is 2.40. The third kappa shape index (κ3) is 1.79. The molecule has 1 heterocycles. The normalized spacial score (nSPS) is 10.4. The van der Waals surface area contributed by atoms with Crippen LogP contribution in [0.4, 0.5) is 19.5 Å². The number of anilines is 1. The molecule has 0 unspecified atom stereocenters. The molecular formula is C9H7F2N3O2. The molecule has 1 amide bonds. The van der Waals surface area contributed by atoms with E-state index < -0.39 is 17.7 Å². The molecule has 0 spiro atoms. The lowest BCUT2D eigenvalue weighted by Crippen LogP contribution is -2.11. The van der Waals surface area contributed by atoms with Crippen molar-refractivity contribution in [3.05, 3.63) is 23.8 Å². The highest BCUT2D eigenvalue weighted by Gasteiger charge is 2.10. The van der Waals surface area contributed by atoms with E-state index in [4.69, 9.17) is 0 Å². The third-order valence-electron chi connectivity index (χ3n) is 1.93. The second-order valence-corrected chi connectivity index (χ2v) is 2.99. The van der Waals surface area contributed by atoms with Crippen LogP contribution < -0.4 is 5.32 Å². The van der Waals surface area contributed by atoms with Gasteiger partial charge in [0.05, 0.1) is 18.1 Å². The third-order valence-corrected chi connectivity index (χ3v) is 1.93. The first-order valence-electron chi connectivity index (χ1n) is 4.30. The molecule has 84 valence electrons. The number of nitrogens with one attached hydrogen (secondary N) is 2. The van der Waals surface area contributed by atoms with Crippen LogP contribution in [-0.4, -0.2) is 23.2 Å². The summed E-state index contributed by atoms with van der Waals surface area (Å²) in [6.07, 6.45) is -0.722. The highest BCUT2D eigenvalue weighted by molar-refractivity contribution is 5.86. The number of methoxy groups -OCH3 is 1. The largest absolute Gasteiger partial charge is 0.453 e. The second kappa shape index (κ2) is 3.76. The Bertz CT molecular complexity index is 514. The maximum absolute atomic E-state index is 12.9. The van der Waals surface area contributed by atoms with Crippen molar-refractivity contribution in [1.82, 2.24) is 9.97 Å². The molecule has 0 aliphatic carbocycles.